The molecular weight excluding hydrogens is 384 g/mol. The number of esters is 1. The highest BCUT2D eigenvalue weighted by Crippen LogP contribution is 1.98. The lowest BCUT2D eigenvalue weighted by molar-refractivity contribution is -0.140. The normalized spacial score (nSPS) is 8.86. The molecule has 0 aromatic rings. The summed E-state index contributed by atoms with van der Waals surface area (Å²) >= 11 is 0. The van der Waals surface area contributed by atoms with Gasteiger partial charge in [-0.15, -0.1) is 0 Å². The molecule has 0 saturated carbocycles. The summed E-state index contributed by atoms with van der Waals surface area (Å²) in [6, 6.07) is 0. The van der Waals surface area contributed by atoms with E-state index in [1.54, 1.807) is 13.8 Å². The van der Waals surface area contributed by atoms with Crippen molar-refractivity contribution in [3.8, 4) is 0 Å². The number of hydrogen-bond acceptors (Lipinski definition) is 8. The van der Waals surface area contributed by atoms with E-state index in [9.17, 15) is 24.0 Å². The fourth-order valence-electron chi connectivity index (χ4n) is 1.51. The Balaban J connectivity index is -0.000000359. The van der Waals surface area contributed by atoms with Crippen LogP contribution in [0.2, 0.25) is 0 Å². The molecule has 0 bridgehead atoms. The molecule has 0 atom stereocenters. The van der Waals surface area contributed by atoms with E-state index in [2.05, 4.69) is 11.3 Å². The fraction of sp³-hybridized carbons (Fsp3) is 0.611. The minimum atomic E-state index is -1.03. The quantitative estimate of drug-likeness (QED) is 0.0604. The van der Waals surface area contributed by atoms with E-state index in [-0.39, 0.29) is 30.0 Å². The van der Waals surface area contributed by atoms with Crippen molar-refractivity contribution in [2.24, 2.45) is 11.7 Å². The predicted octanol–water partition coefficient (Wildman–Crippen LogP) is 0.483. The van der Waals surface area contributed by atoms with Gasteiger partial charge in [-0.05, 0) is 33.1 Å². The van der Waals surface area contributed by atoms with Crippen molar-refractivity contribution in [3.63, 3.8) is 0 Å². The smallest absolute Gasteiger partial charge is 0.333 e. The van der Waals surface area contributed by atoms with Crippen molar-refractivity contribution in [1.82, 2.24) is 10.9 Å². The minimum Gasteiger partial charge on any atom is -0.481 e. The van der Waals surface area contributed by atoms with Crippen molar-refractivity contribution in [2.45, 2.75) is 65.7 Å². The summed E-state index contributed by atoms with van der Waals surface area (Å²) in [4.78, 5) is 51.9. The average Bonchev–Trinajstić information content (AvgIpc) is 2.65. The zero-order valence-corrected chi connectivity index (χ0v) is 17.4. The molecular formula is C18H34N4O7. The largest absolute Gasteiger partial charge is 0.481 e. The zero-order chi connectivity index (χ0) is 23.2. The predicted molar refractivity (Wildman–Crippen MR) is 107 cm³/mol. The Morgan fingerprint density at radius 2 is 1.38 bits per heavy atom. The third-order valence-electron chi connectivity index (χ3n) is 2.88. The number of carboxylic acids is 1. The summed E-state index contributed by atoms with van der Waals surface area (Å²) in [5, 5.41) is 8.09. The molecule has 11 nitrogen and oxygen atoms in total. The van der Waals surface area contributed by atoms with Crippen LogP contribution in [-0.2, 0) is 28.7 Å². The Hall–Kier alpha value is -2.79. The molecule has 7 N–H and O–H groups in total. The molecule has 0 aliphatic heterocycles. The highest BCUT2D eigenvalue weighted by molar-refractivity contribution is 5.94. The molecule has 0 fully saturated rings. The maximum atomic E-state index is 10.6. The number of ketones is 1. The first-order chi connectivity index (χ1) is 13.5. The first-order valence-corrected chi connectivity index (χ1v) is 9.10. The van der Waals surface area contributed by atoms with E-state index >= 15 is 0 Å². The van der Waals surface area contributed by atoms with E-state index in [1.807, 2.05) is 17.8 Å². The van der Waals surface area contributed by atoms with Gasteiger partial charge in [0.15, 0.2) is 0 Å². The van der Waals surface area contributed by atoms with Gasteiger partial charge in [0.05, 0.1) is 6.61 Å². The van der Waals surface area contributed by atoms with Gasteiger partial charge in [-0.3, -0.25) is 30.0 Å². The third-order valence-corrected chi connectivity index (χ3v) is 2.88. The van der Waals surface area contributed by atoms with Crippen LogP contribution in [0.5, 0.6) is 0 Å². The Labute approximate surface area is 171 Å². The molecule has 0 aromatic carbocycles. The maximum absolute atomic E-state index is 10.6. The molecule has 0 spiro atoms. The Bertz CT molecular complexity index is 518. The van der Waals surface area contributed by atoms with Crippen LogP contribution in [0.25, 0.3) is 0 Å². The summed E-state index contributed by atoms with van der Waals surface area (Å²) in [6.45, 7) is 9.06. The van der Waals surface area contributed by atoms with Gasteiger partial charge in [0, 0.05) is 24.8 Å². The monoisotopic (exact) mass is 418 g/mol. The lowest BCUT2D eigenvalue weighted by Gasteiger charge is -1.99. The van der Waals surface area contributed by atoms with Crippen molar-refractivity contribution in [1.29, 1.82) is 0 Å². The van der Waals surface area contributed by atoms with Crippen molar-refractivity contribution < 1.29 is 33.8 Å². The molecule has 0 aliphatic rings. The second-order valence-electron chi connectivity index (χ2n) is 5.70. The van der Waals surface area contributed by atoms with Gasteiger partial charge in [0.2, 0.25) is 11.8 Å². The number of nitrogens with two attached hydrogens (primary N) is 2. The lowest BCUT2D eigenvalue weighted by Crippen LogP contribution is -2.30. The topological polar surface area (TPSA) is 191 Å². The van der Waals surface area contributed by atoms with Gasteiger partial charge in [0.1, 0.15) is 12.2 Å². The number of carboxylic acid groups (broad SMARTS) is 1. The number of hydrogen-bond donors (Lipinski definition) is 5. The van der Waals surface area contributed by atoms with Gasteiger partial charge in [0.25, 0.3) is 0 Å². The molecule has 11 heteroatoms. The maximum Gasteiger partial charge on any atom is 0.333 e. The van der Waals surface area contributed by atoms with Gasteiger partial charge >= 0.3 is 11.9 Å². The van der Waals surface area contributed by atoms with E-state index in [1.165, 1.54) is 0 Å². The minimum absolute atomic E-state index is 0.190. The van der Waals surface area contributed by atoms with Crippen LogP contribution in [0.4, 0.5) is 0 Å². The average molecular weight is 418 g/mol. The Morgan fingerprint density at radius 3 is 1.62 bits per heavy atom. The van der Waals surface area contributed by atoms with Crippen molar-refractivity contribution >= 4 is 29.5 Å². The lowest BCUT2D eigenvalue weighted by atomic mass is 10.2. The van der Waals surface area contributed by atoms with Crippen LogP contribution in [0.1, 0.15) is 65.7 Å². The molecule has 0 aliphatic carbocycles. The number of ether oxygens (including phenoxy) is 1. The third kappa shape index (κ3) is 27.5. The van der Waals surface area contributed by atoms with Crippen LogP contribution in [0.3, 0.4) is 0 Å². The van der Waals surface area contributed by atoms with Crippen molar-refractivity contribution in [2.75, 3.05) is 6.61 Å². The van der Waals surface area contributed by atoms with Gasteiger partial charge in [-0.1, -0.05) is 13.5 Å². The molecule has 0 saturated heterocycles. The summed E-state index contributed by atoms with van der Waals surface area (Å²) in [5.74, 6) is 7.71. The second-order valence-corrected chi connectivity index (χ2v) is 5.70. The summed E-state index contributed by atoms with van der Waals surface area (Å²) in [7, 11) is 0. The highest BCUT2D eigenvalue weighted by atomic mass is 16.5. The molecule has 29 heavy (non-hydrogen) atoms. The number of hydrazine groups is 2. The van der Waals surface area contributed by atoms with E-state index in [4.69, 9.17) is 16.8 Å². The number of amides is 2. The van der Waals surface area contributed by atoms with Gasteiger partial charge in [-0.25, -0.2) is 16.5 Å². The second kappa shape index (κ2) is 21.5. The van der Waals surface area contributed by atoms with Gasteiger partial charge < -0.3 is 9.84 Å². The summed E-state index contributed by atoms with van der Waals surface area (Å²) in [5.41, 5.74) is 4.46. The van der Waals surface area contributed by atoms with Gasteiger partial charge in [-0.2, -0.15) is 0 Å². The van der Waals surface area contributed by atoms with Crippen LogP contribution >= 0.6 is 0 Å². The summed E-state index contributed by atoms with van der Waals surface area (Å²) in [6.07, 6.45) is 2.74. The molecule has 0 unspecified atom stereocenters. The Kier molecular flexibility index (Phi) is 22.9. The molecule has 0 heterocycles. The first-order valence-electron chi connectivity index (χ1n) is 9.10. The summed E-state index contributed by atoms with van der Waals surface area (Å²) < 4.78 is 4.56. The number of carbonyl (C=O) groups is 5. The number of carbonyl (C=O) groups excluding carboxylic acids is 4. The van der Waals surface area contributed by atoms with E-state index in [0.717, 1.165) is 6.42 Å². The van der Waals surface area contributed by atoms with Crippen LogP contribution < -0.4 is 22.5 Å². The standard InChI is InChI=1S/C6H14N4O2.C6H10O3.C6H10O2/c7-9-5(11)3-1-2-4-6(12)10-8;1-2-3-5(7)4-6(8)9;1-4-8-6(7)5(2)3/h1-4,7-8H2,(H,9,11)(H,10,12);2-4H2,1H3,(H,8,9);2,4H2,1,3H3. The van der Waals surface area contributed by atoms with Crippen LogP contribution in [0, 0.1) is 0 Å². The number of nitrogens with one attached hydrogen (secondary N) is 2. The van der Waals surface area contributed by atoms with Crippen molar-refractivity contribution in [3.05, 3.63) is 12.2 Å². The number of Topliss-reactive ketones (excluding diaryl/α,β-unsaturated/α-hetero) is 1. The van der Waals surface area contributed by atoms with Crippen LogP contribution in [0.15, 0.2) is 12.2 Å². The van der Waals surface area contributed by atoms with E-state index in [0.29, 0.717) is 44.3 Å². The number of aliphatic carboxylic acids is 1. The molecule has 0 aromatic heterocycles. The number of unbranched alkanes of at least 4 members (excludes halogenated alkanes) is 1. The highest BCUT2D eigenvalue weighted by Gasteiger charge is 2.04. The first kappa shape index (κ1) is 30.9. The molecule has 0 radical (unpaired) electrons. The van der Waals surface area contributed by atoms with E-state index < -0.39 is 5.97 Å². The number of rotatable bonds is 11. The van der Waals surface area contributed by atoms with Crippen LogP contribution in [-0.4, -0.2) is 41.2 Å². The Morgan fingerprint density at radius 1 is 0.931 bits per heavy atom. The fourth-order valence-corrected chi connectivity index (χ4v) is 1.51. The zero-order valence-electron chi connectivity index (χ0n) is 17.4. The molecule has 0 rings (SSSR count). The SMILES string of the molecule is C=C(C)C(=O)OCC.CCCC(=O)CC(=O)O.NNC(=O)CCCCC(=O)NN. The molecule has 2 amide bonds. The molecule has 168 valence electrons.